The van der Waals surface area contributed by atoms with Crippen molar-refractivity contribution in [1.29, 1.82) is 0 Å². The number of halogens is 2. The molecule has 0 bridgehead atoms. The van der Waals surface area contributed by atoms with Crippen LogP contribution in [0.5, 0.6) is 0 Å². The smallest absolute Gasteiger partial charge is 0.266 e. The Kier molecular flexibility index (Phi) is 4.14. The minimum absolute atomic E-state index is 0.0111. The molecule has 1 aromatic carbocycles. The summed E-state index contributed by atoms with van der Waals surface area (Å²) >= 11 is 0. The predicted octanol–water partition coefficient (Wildman–Crippen LogP) is 2.38. The van der Waals surface area contributed by atoms with Crippen LogP contribution in [0.2, 0.25) is 0 Å². The summed E-state index contributed by atoms with van der Waals surface area (Å²) in [6, 6.07) is 7.11. The second-order valence-corrected chi connectivity index (χ2v) is 6.34. The Morgan fingerprint density at radius 2 is 2.04 bits per heavy atom. The van der Waals surface area contributed by atoms with E-state index in [0.717, 1.165) is 0 Å². The van der Waals surface area contributed by atoms with E-state index in [2.05, 4.69) is 15.1 Å². The Balaban J connectivity index is 1.98. The van der Waals surface area contributed by atoms with E-state index in [1.807, 2.05) is 0 Å². The average Bonchev–Trinajstić information content (AvgIpc) is 3.32. The molecular weight excluding hydrogens is 368 g/mol. The Morgan fingerprint density at radius 1 is 1.21 bits per heavy atom. The van der Waals surface area contributed by atoms with Crippen LogP contribution in [-0.4, -0.2) is 34.0 Å². The fraction of sp³-hybridized carbons (Fsp3) is 0.158. The van der Waals surface area contributed by atoms with Gasteiger partial charge in [-0.15, -0.1) is 0 Å². The third kappa shape index (κ3) is 2.55. The molecule has 0 saturated carbocycles. The summed E-state index contributed by atoms with van der Waals surface area (Å²) in [5.74, 6) is -1.01. The van der Waals surface area contributed by atoms with Gasteiger partial charge in [0.2, 0.25) is 0 Å². The minimum Gasteiger partial charge on any atom is -0.369 e. The van der Waals surface area contributed by atoms with Gasteiger partial charge in [0, 0.05) is 42.2 Å². The number of guanidine groups is 1. The lowest BCUT2D eigenvalue weighted by molar-refractivity contribution is -0.129. The van der Waals surface area contributed by atoms with Crippen LogP contribution in [0.1, 0.15) is 16.7 Å². The maximum Gasteiger partial charge on any atom is 0.266 e. The van der Waals surface area contributed by atoms with E-state index >= 15 is 0 Å². The van der Waals surface area contributed by atoms with Crippen LogP contribution < -0.4 is 5.73 Å². The number of aromatic nitrogens is 2. The Hall–Kier alpha value is -3.62. The lowest BCUT2D eigenvalue weighted by Gasteiger charge is -2.26. The first kappa shape index (κ1) is 17.8. The molecule has 1 unspecified atom stereocenters. The number of likely N-dealkylation sites (N-methyl/N-ethyl adjacent to an activating group) is 1. The largest absolute Gasteiger partial charge is 0.369 e. The Morgan fingerprint density at radius 3 is 2.68 bits per heavy atom. The van der Waals surface area contributed by atoms with Crippen molar-refractivity contribution in [1.82, 2.24) is 15.0 Å². The molecule has 0 fully saturated rings. The second-order valence-electron chi connectivity index (χ2n) is 6.34. The van der Waals surface area contributed by atoms with E-state index in [-0.39, 0.29) is 22.8 Å². The summed E-state index contributed by atoms with van der Waals surface area (Å²) < 4.78 is 32.4. The first-order valence-electron chi connectivity index (χ1n) is 8.32. The molecule has 0 radical (unpaired) electrons. The molecule has 1 aliphatic heterocycles. The van der Waals surface area contributed by atoms with Crippen LogP contribution in [0, 0.1) is 5.82 Å². The van der Waals surface area contributed by atoms with E-state index in [1.54, 1.807) is 0 Å². The van der Waals surface area contributed by atoms with Crippen LogP contribution in [0.4, 0.5) is 8.78 Å². The lowest BCUT2D eigenvalue weighted by Crippen LogP contribution is -2.41. The zero-order valence-electron chi connectivity index (χ0n) is 14.8. The molecule has 1 amide bonds. The quantitative estimate of drug-likeness (QED) is 0.746. The fourth-order valence-electron chi connectivity index (χ4n) is 3.24. The van der Waals surface area contributed by atoms with Gasteiger partial charge in [0.1, 0.15) is 24.4 Å². The van der Waals surface area contributed by atoms with E-state index < -0.39 is 23.9 Å². The summed E-state index contributed by atoms with van der Waals surface area (Å²) in [5.41, 5.74) is 5.67. The number of aliphatic imine (C=N–C) groups is 1. The first-order valence-corrected chi connectivity index (χ1v) is 8.32. The molecule has 9 heteroatoms. The van der Waals surface area contributed by atoms with E-state index in [4.69, 9.17) is 10.3 Å². The molecule has 0 saturated heterocycles. The highest BCUT2D eigenvalue weighted by Crippen LogP contribution is 2.41. The number of rotatable bonds is 4. The van der Waals surface area contributed by atoms with Gasteiger partial charge in [-0.05, 0) is 23.8 Å². The normalized spacial score (nSPS) is 19.2. The van der Waals surface area contributed by atoms with E-state index in [0.29, 0.717) is 11.1 Å². The molecule has 0 aliphatic carbocycles. The SMILES string of the molecule is CN1C(=O)C(c2cncc(CF)c2)(c2ccc(F)c(-c3ccon3)c2)N=C1N. The zero-order chi connectivity index (χ0) is 19.9. The lowest BCUT2D eigenvalue weighted by atomic mass is 9.82. The highest BCUT2D eigenvalue weighted by Gasteiger charge is 2.50. The molecule has 3 aromatic rings. The van der Waals surface area contributed by atoms with Gasteiger partial charge >= 0.3 is 0 Å². The number of hydrogen-bond donors (Lipinski definition) is 1. The zero-order valence-corrected chi connectivity index (χ0v) is 14.8. The van der Waals surface area contributed by atoms with E-state index in [9.17, 15) is 13.6 Å². The molecular formula is C19H15F2N5O2. The van der Waals surface area contributed by atoms with Crippen molar-refractivity contribution < 1.29 is 18.1 Å². The molecule has 2 N–H and O–H groups in total. The average molecular weight is 383 g/mol. The summed E-state index contributed by atoms with van der Waals surface area (Å²) in [7, 11) is 1.48. The van der Waals surface area contributed by atoms with Crippen molar-refractivity contribution in [3.63, 3.8) is 0 Å². The van der Waals surface area contributed by atoms with Crippen LogP contribution in [-0.2, 0) is 17.0 Å². The third-order valence-corrected chi connectivity index (χ3v) is 4.70. The van der Waals surface area contributed by atoms with Gasteiger partial charge < -0.3 is 10.3 Å². The molecule has 7 nitrogen and oxygen atoms in total. The number of alkyl halides is 1. The Labute approximate surface area is 158 Å². The number of nitrogens with two attached hydrogens (primary N) is 1. The van der Waals surface area contributed by atoms with Crippen molar-refractivity contribution >= 4 is 11.9 Å². The van der Waals surface area contributed by atoms with Crippen LogP contribution in [0.15, 0.2) is 58.5 Å². The van der Waals surface area contributed by atoms with Crippen LogP contribution in [0.3, 0.4) is 0 Å². The number of hydrogen-bond acceptors (Lipinski definition) is 6. The summed E-state index contributed by atoms with van der Waals surface area (Å²) in [5, 5.41) is 3.75. The molecule has 0 spiro atoms. The number of carbonyl (C=O) groups excluding carboxylic acids is 1. The number of amides is 1. The van der Waals surface area contributed by atoms with Crippen LogP contribution in [0.25, 0.3) is 11.3 Å². The Bertz CT molecular complexity index is 1080. The van der Waals surface area contributed by atoms with E-state index in [1.165, 1.54) is 60.9 Å². The molecule has 4 rings (SSSR count). The van der Waals surface area contributed by atoms with Gasteiger partial charge in [0.25, 0.3) is 5.91 Å². The topological polar surface area (TPSA) is 97.6 Å². The second kappa shape index (κ2) is 6.52. The van der Waals surface area contributed by atoms with Gasteiger partial charge in [-0.1, -0.05) is 11.2 Å². The fourth-order valence-corrected chi connectivity index (χ4v) is 3.24. The minimum atomic E-state index is -1.61. The molecule has 28 heavy (non-hydrogen) atoms. The highest BCUT2D eigenvalue weighted by atomic mass is 19.1. The number of nitrogens with zero attached hydrogens (tertiary/aromatic N) is 4. The summed E-state index contributed by atoms with van der Waals surface area (Å²) in [4.78, 5) is 22.8. The van der Waals surface area contributed by atoms with Crippen molar-refractivity contribution in [3.8, 4) is 11.3 Å². The summed E-state index contributed by atoms with van der Waals surface area (Å²) in [6.45, 7) is -0.756. The van der Waals surface area contributed by atoms with Crippen molar-refractivity contribution in [2.24, 2.45) is 10.7 Å². The van der Waals surface area contributed by atoms with Crippen molar-refractivity contribution in [3.05, 3.63) is 71.5 Å². The van der Waals surface area contributed by atoms with Gasteiger partial charge in [0.15, 0.2) is 11.5 Å². The third-order valence-electron chi connectivity index (χ3n) is 4.70. The summed E-state index contributed by atoms with van der Waals surface area (Å²) in [6.07, 6.45) is 4.10. The molecule has 142 valence electrons. The molecule has 1 atom stereocenters. The predicted molar refractivity (Wildman–Crippen MR) is 96.1 cm³/mol. The maximum absolute atomic E-state index is 14.4. The maximum atomic E-state index is 14.4. The van der Waals surface area contributed by atoms with Gasteiger partial charge in [-0.25, -0.2) is 13.8 Å². The highest BCUT2D eigenvalue weighted by molar-refractivity contribution is 6.09. The number of benzene rings is 1. The van der Waals surface area contributed by atoms with Crippen LogP contribution >= 0.6 is 0 Å². The van der Waals surface area contributed by atoms with Gasteiger partial charge in [-0.2, -0.15) is 0 Å². The number of carbonyl (C=O) groups is 1. The van der Waals surface area contributed by atoms with Crippen molar-refractivity contribution in [2.75, 3.05) is 7.05 Å². The van der Waals surface area contributed by atoms with Gasteiger partial charge in [0.05, 0.1) is 0 Å². The van der Waals surface area contributed by atoms with Crippen molar-refractivity contribution in [2.45, 2.75) is 12.2 Å². The molecule has 1 aliphatic rings. The van der Waals surface area contributed by atoms with Gasteiger partial charge in [-0.3, -0.25) is 14.7 Å². The molecule has 2 aromatic heterocycles. The number of pyridine rings is 1. The monoisotopic (exact) mass is 383 g/mol. The standard InChI is InChI=1S/C19H15F2N5O2/c1-26-17(27)19(24-18(26)22,13-6-11(8-20)9-23-10-13)12-2-3-15(21)14(7-12)16-4-5-28-25-16/h2-7,9-10H,8H2,1H3,(H2,22,24). The first-order chi connectivity index (χ1) is 13.5. The molecule has 3 heterocycles.